The highest BCUT2D eigenvalue weighted by atomic mass is 127. The van der Waals surface area contributed by atoms with Gasteiger partial charge in [-0.2, -0.15) is 0 Å². The number of carbonyl (C=O) groups excluding carboxylic acids is 2. The molecule has 5 N–H and O–H groups in total. The Morgan fingerprint density at radius 1 is 1.06 bits per heavy atom. The van der Waals surface area contributed by atoms with Crippen molar-refractivity contribution in [1.82, 2.24) is 0 Å². The first-order chi connectivity index (χ1) is 16.9. The van der Waals surface area contributed by atoms with Crippen molar-refractivity contribution in [2.24, 2.45) is 0 Å². The van der Waals surface area contributed by atoms with E-state index in [1.54, 1.807) is 67.6 Å². The Hall–Kier alpha value is -3.57. The Labute approximate surface area is 217 Å². The summed E-state index contributed by atoms with van der Waals surface area (Å²) in [6.07, 6.45) is 0.115. The number of aromatic hydroxyl groups is 1. The van der Waals surface area contributed by atoms with E-state index in [1.165, 1.54) is 18.2 Å². The van der Waals surface area contributed by atoms with Gasteiger partial charge in [0.2, 0.25) is 5.91 Å². The molecule has 0 heterocycles. The fourth-order valence-electron chi connectivity index (χ4n) is 3.25. The average molecular weight is 587 g/mol. The number of phenolic OH excluding ortho intramolecular Hbond substituents is 1. The summed E-state index contributed by atoms with van der Waals surface area (Å²) in [5, 5.41) is 15.9. The van der Waals surface area contributed by atoms with Gasteiger partial charge in [0, 0.05) is 27.5 Å². The maximum absolute atomic E-state index is 12.7. The van der Waals surface area contributed by atoms with Gasteiger partial charge in [0.15, 0.2) is 6.10 Å². The quantitative estimate of drug-likeness (QED) is 0.150. The normalized spacial score (nSPS) is 12.6. The highest BCUT2D eigenvalue weighted by Crippen LogP contribution is 2.33. The maximum atomic E-state index is 12.7. The number of nitrogens with one attached hydrogen (secondary N) is 2. The number of para-hydroxylation sites is 3. The van der Waals surface area contributed by atoms with Crippen molar-refractivity contribution in [3.8, 4) is 5.75 Å². The van der Waals surface area contributed by atoms with Crippen molar-refractivity contribution in [2.45, 2.75) is 19.1 Å². The minimum atomic E-state index is -1.04. The van der Waals surface area contributed by atoms with Crippen LogP contribution in [0.25, 0.3) is 0 Å². The van der Waals surface area contributed by atoms with Crippen LogP contribution >= 0.6 is 22.6 Å². The van der Waals surface area contributed by atoms with E-state index in [2.05, 4.69) is 33.2 Å². The molecule has 0 aliphatic carbocycles. The lowest BCUT2D eigenvalue weighted by molar-refractivity contribution is -0.112. The summed E-state index contributed by atoms with van der Waals surface area (Å²) >= 11 is 2.10. The molecule has 3 aromatic rings. The standard InChI is InChI=1S/C26H26IN3O5/c1-2-34-23(14-15-24(32)30-21-11-7-6-10-20(21)28)25(19-16-17(27)12-13-22(19)31)35-26(33)29-18-8-4-3-5-9-18/h3-16,23,25,31H,2,28H2,1H3,(H,29,33)(H,30,32)/b15-14+/t23-,25-/m0/s1. The number of halogens is 1. The second kappa shape index (κ2) is 12.8. The van der Waals surface area contributed by atoms with Gasteiger partial charge in [-0.05, 0) is 78.1 Å². The molecule has 182 valence electrons. The van der Waals surface area contributed by atoms with Crippen LogP contribution in [0.2, 0.25) is 0 Å². The van der Waals surface area contributed by atoms with Gasteiger partial charge in [0.25, 0.3) is 0 Å². The zero-order chi connectivity index (χ0) is 25.2. The summed E-state index contributed by atoms with van der Waals surface area (Å²) < 4.78 is 12.4. The Morgan fingerprint density at radius 3 is 2.49 bits per heavy atom. The van der Waals surface area contributed by atoms with Crippen molar-refractivity contribution >= 4 is 51.7 Å². The molecule has 0 saturated carbocycles. The summed E-state index contributed by atoms with van der Waals surface area (Å²) in [4.78, 5) is 25.3. The van der Waals surface area contributed by atoms with Gasteiger partial charge >= 0.3 is 6.09 Å². The molecule has 8 nitrogen and oxygen atoms in total. The van der Waals surface area contributed by atoms with Gasteiger partial charge in [0.1, 0.15) is 11.9 Å². The number of amides is 2. The lowest BCUT2D eigenvalue weighted by Gasteiger charge is -2.26. The van der Waals surface area contributed by atoms with Gasteiger partial charge in [-0.3, -0.25) is 10.1 Å². The molecule has 0 fully saturated rings. The molecule has 0 unspecified atom stereocenters. The molecule has 0 spiro atoms. The molecule has 3 aromatic carbocycles. The maximum Gasteiger partial charge on any atom is 0.412 e. The SMILES string of the molecule is CCO[C@@H](/C=C/C(=O)Nc1ccccc1N)[C@@H](OC(=O)Nc1ccccc1)c1cc(I)ccc1O. The molecule has 35 heavy (non-hydrogen) atoms. The number of nitrogens with two attached hydrogens (primary N) is 1. The molecule has 0 saturated heterocycles. The van der Waals surface area contributed by atoms with E-state index >= 15 is 0 Å². The fraction of sp³-hybridized carbons (Fsp3) is 0.154. The van der Waals surface area contributed by atoms with Crippen LogP contribution in [-0.4, -0.2) is 29.8 Å². The van der Waals surface area contributed by atoms with Gasteiger partial charge < -0.3 is 25.6 Å². The van der Waals surface area contributed by atoms with Crippen molar-refractivity contribution in [1.29, 1.82) is 0 Å². The van der Waals surface area contributed by atoms with Crippen molar-refractivity contribution in [3.63, 3.8) is 0 Å². The number of ether oxygens (including phenoxy) is 2. The van der Waals surface area contributed by atoms with Crippen LogP contribution in [0.15, 0.2) is 84.9 Å². The highest BCUT2D eigenvalue weighted by Gasteiger charge is 2.29. The van der Waals surface area contributed by atoms with Gasteiger partial charge in [0.05, 0.1) is 11.4 Å². The fourth-order valence-corrected chi connectivity index (χ4v) is 3.76. The molecular weight excluding hydrogens is 561 g/mol. The Balaban J connectivity index is 1.86. The predicted molar refractivity (Wildman–Crippen MR) is 144 cm³/mol. The molecule has 0 aromatic heterocycles. The van der Waals surface area contributed by atoms with E-state index in [4.69, 9.17) is 15.2 Å². The van der Waals surface area contributed by atoms with E-state index < -0.39 is 24.2 Å². The first-order valence-corrected chi connectivity index (χ1v) is 11.9. The molecule has 0 aliphatic rings. The molecule has 3 rings (SSSR count). The first kappa shape index (κ1) is 26.0. The number of hydrogen-bond acceptors (Lipinski definition) is 6. The molecular formula is C26H26IN3O5. The Morgan fingerprint density at radius 2 is 1.77 bits per heavy atom. The number of carbonyl (C=O) groups is 2. The summed E-state index contributed by atoms with van der Waals surface area (Å²) in [7, 11) is 0. The summed E-state index contributed by atoms with van der Waals surface area (Å²) in [5.74, 6) is -0.505. The predicted octanol–water partition coefficient (Wildman–Crippen LogP) is 5.47. The van der Waals surface area contributed by atoms with E-state index in [9.17, 15) is 14.7 Å². The third-order valence-corrected chi connectivity index (χ3v) is 5.53. The second-order valence-electron chi connectivity index (χ2n) is 7.38. The van der Waals surface area contributed by atoms with E-state index in [0.29, 0.717) is 22.6 Å². The number of benzene rings is 3. The average Bonchev–Trinajstić information content (AvgIpc) is 2.84. The summed E-state index contributed by atoms with van der Waals surface area (Å²) in [5.41, 5.74) is 7.68. The van der Waals surface area contributed by atoms with E-state index in [0.717, 1.165) is 3.57 Å². The van der Waals surface area contributed by atoms with Crippen LogP contribution in [0.5, 0.6) is 5.75 Å². The van der Waals surface area contributed by atoms with Crippen LogP contribution in [0, 0.1) is 3.57 Å². The molecule has 2 amide bonds. The largest absolute Gasteiger partial charge is 0.508 e. The molecule has 9 heteroatoms. The lowest BCUT2D eigenvalue weighted by atomic mass is 10.0. The molecule has 0 radical (unpaired) electrons. The zero-order valence-electron chi connectivity index (χ0n) is 19.0. The molecule has 0 bridgehead atoms. The minimum absolute atomic E-state index is 0.0671. The summed E-state index contributed by atoms with van der Waals surface area (Å²) in [6.45, 7) is 2.05. The smallest absolute Gasteiger partial charge is 0.412 e. The topological polar surface area (TPSA) is 123 Å². The number of hydrogen-bond donors (Lipinski definition) is 4. The second-order valence-corrected chi connectivity index (χ2v) is 8.62. The summed E-state index contributed by atoms with van der Waals surface area (Å²) in [6, 6.07) is 20.7. The van der Waals surface area contributed by atoms with Crippen molar-refractivity contribution < 1.29 is 24.2 Å². The molecule has 2 atom stereocenters. The zero-order valence-corrected chi connectivity index (χ0v) is 21.1. The third-order valence-electron chi connectivity index (χ3n) is 4.86. The van der Waals surface area contributed by atoms with Crippen LogP contribution in [0.3, 0.4) is 0 Å². The van der Waals surface area contributed by atoms with Crippen molar-refractivity contribution in [3.05, 3.63) is 94.1 Å². The number of phenols is 1. The first-order valence-electron chi connectivity index (χ1n) is 10.8. The van der Waals surface area contributed by atoms with Gasteiger partial charge in [-0.1, -0.05) is 30.3 Å². The Bertz CT molecular complexity index is 1190. The number of nitrogen functional groups attached to an aromatic ring is 1. The van der Waals surface area contributed by atoms with Gasteiger partial charge in [-0.25, -0.2) is 4.79 Å². The molecule has 0 aliphatic heterocycles. The monoisotopic (exact) mass is 587 g/mol. The number of anilines is 3. The minimum Gasteiger partial charge on any atom is -0.508 e. The number of rotatable bonds is 9. The lowest BCUT2D eigenvalue weighted by Crippen LogP contribution is -2.28. The van der Waals surface area contributed by atoms with E-state index in [-0.39, 0.29) is 12.4 Å². The van der Waals surface area contributed by atoms with Crippen molar-refractivity contribution in [2.75, 3.05) is 23.0 Å². The van der Waals surface area contributed by atoms with Gasteiger partial charge in [-0.15, -0.1) is 0 Å². The van der Waals surface area contributed by atoms with Crippen LogP contribution < -0.4 is 16.4 Å². The van der Waals surface area contributed by atoms with Crippen LogP contribution in [-0.2, 0) is 14.3 Å². The van der Waals surface area contributed by atoms with Crippen LogP contribution in [0.4, 0.5) is 21.9 Å². The van der Waals surface area contributed by atoms with E-state index in [1.807, 2.05) is 6.07 Å². The Kier molecular flexibility index (Phi) is 9.50. The third kappa shape index (κ3) is 7.72. The van der Waals surface area contributed by atoms with Crippen LogP contribution in [0.1, 0.15) is 18.6 Å². The highest BCUT2D eigenvalue weighted by molar-refractivity contribution is 14.1.